The number of nitrogens with zero attached hydrogens (tertiary/aromatic N) is 3. The van der Waals surface area contributed by atoms with Crippen LogP contribution in [0.2, 0.25) is 0 Å². The molecular weight excluding hydrogens is 398 g/mol. The molecule has 0 aliphatic heterocycles. The molecule has 0 spiro atoms. The lowest BCUT2D eigenvalue weighted by molar-refractivity contribution is -0.113. The summed E-state index contributed by atoms with van der Waals surface area (Å²) < 4.78 is 1.65. The maximum absolute atomic E-state index is 12.5. The number of amides is 1. The van der Waals surface area contributed by atoms with E-state index in [0.717, 1.165) is 22.5 Å². The van der Waals surface area contributed by atoms with E-state index in [1.54, 1.807) is 4.68 Å². The number of hydrogen-bond donors (Lipinski definition) is 2. The van der Waals surface area contributed by atoms with E-state index < -0.39 is 0 Å². The summed E-state index contributed by atoms with van der Waals surface area (Å²) in [5.41, 5.74) is 5.17. The summed E-state index contributed by atoms with van der Waals surface area (Å²) in [6.45, 7) is 6.06. The van der Waals surface area contributed by atoms with Crippen LogP contribution in [0, 0.1) is 20.8 Å². The molecule has 0 atom stereocenters. The molecule has 2 heterocycles. The van der Waals surface area contributed by atoms with E-state index in [1.165, 1.54) is 23.5 Å². The van der Waals surface area contributed by atoms with Crippen molar-refractivity contribution in [3.63, 3.8) is 0 Å². The Morgan fingerprint density at radius 1 is 1.10 bits per heavy atom. The van der Waals surface area contributed by atoms with Gasteiger partial charge in [0.25, 0.3) is 5.56 Å². The summed E-state index contributed by atoms with van der Waals surface area (Å²) in [5.74, 6) is -0.0469. The van der Waals surface area contributed by atoms with Crippen LogP contribution in [-0.4, -0.2) is 31.4 Å². The maximum Gasteiger partial charge on any atom is 0.262 e. The van der Waals surface area contributed by atoms with Crippen molar-refractivity contribution in [2.24, 2.45) is 0 Å². The molecule has 8 heteroatoms. The Morgan fingerprint density at radius 2 is 1.87 bits per heavy atom. The topological polar surface area (TPSA) is 92.7 Å². The molecule has 4 aromatic rings. The molecule has 0 unspecified atom stereocenters. The quantitative estimate of drug-likeness (QED) is 0.379. The molecule has 0 saturated carbocycles. The van der Waals surface area contributed by atoms with E-state index in [0.29, 0.717) is 16.2 Å². The van der Waals surface area contributed by atoms with Gasteiger partial charge in [0.05, 0.1) is 17.6 Å². The molecule has 0 saturated heterocycles. The monoisotopic (exact) mass is 419 g/mol. The van der Waals surface area contributed by atoms with Crippen LogP contribution in [0.4, 0.5) is 5.69 Å². The van der Waals surface area contributed by atoms with E-state index in [1.807, 2.05) is 63.2 Å². The number of carbonyl (C=O) groups is 1. The summed E-state index contributed by atoms with van der Waals surface area (Å²) in [5, 5.41) is 7.96. The summed E-state index contributed by atoms with van der Waals surface area (Å²) in [7, 11) is 0. The molecule has 0 radical (unpaired) electrons. The Bertz CT molecular complexity index is 1290. The highest BCUT2D eigenvalue weighted by Crippen LogP contribution is 2.20. The average molecular weight is 420 g/mol. The van der Waals surface area contributed by atoms with E-state index >= 15 is 0 Å². The standard InChI is InChI=1S/C22H21N5O2S/c1-13-4-7-16(8-5-13)24-19(28)12-30-22-25-20-18(21(29)26-22)11-23-27(20)17-9-6-14(2)15(3)10-17/h4-11H,12H2,1-3H3,(H,24,28)(H,25,26,29). The number of thioether (sulfide) groups is 1. The van der Waals surface area contributed by atoms with Crippen LogP contribution >= 0.6 is 11.8 Å². The SMILES string of the molecule is Cc1ccc(NC(=O)CSc2nc3c(cnn3-c3ccc(C)c(C)c3)c(=O)[nH]2)cc1. The second kappa shape index (κ2) is 8.16. The van der Waals surface area contributed by atoms with Crippen LogP contribution in [0.5, 0.6) is 0 Å². The van der Waals surface area contributed by atoms with Crippen molar-refractivity contribution in [2.75, 3.05) is 11.1 Å². The largest absolute Gasteiger partial charge is 0.325 e. The van der Waals surface area contributed by atoms with Gasteiger partial charge in [0.15, 0.2) is 10.8 Å². The summed E-state index contributed by atoms with van der Waals surface area (Å²) in [4.78, 5) is 32.0. The van der Waals surface area contributed by atoms with Crippen molar-refractivity contribution in [1.82, 2.24) is 19.7 Å². The number of hydrogen-bond acceptors (Lipinski definition) is 5. The van der Waals surface area contributed by atoms with Gasteiger partial charge in [-0.1, -0.05) is 35.5 Å². The van der Waals surface area contributed by atoms with Gasteiger partial charge in [-0.15, -0.1) is 0 Å². The molecule has 7 nitrogen and oxygen atoms in total. The first-order chi connectivity index (χ1) is 14.4. The van der Waals surface area contributed by atoms with Crippen molar-refractivity contribution in [3.8, 4) is 5.69 Å². The zero-order valence-electron chi connectivity index (χ0n) is 16.9. The minimum atomic E-state index is -0.281. The number of anilines is 1. The van der Waals surface area contributed by atoms with Crippen LogP contribution in [-0.2, 0) is 4.79 Å². The van der Waals surface area contributed by atoms with E-state index in [2.05, 4.69) is 20.4 Å². The van der Waals surface area contributed by atoms with E-state index in [9.17, 15) is 9.59 Å². The molecule has 30 heavy (non-hydrogen) atoms. The van der Waals surface area contributed by atoms with Crippen LogP contribution in [0.3, 0.4) is 0 Å². The highest BCUT2D eigenvalue weighted by Gasteiger charge is 2.13. The summed E-state index contributed by atoms with van der Waals surface area (Å²) in [6.07, 6.45) is 1.51. The van der Waals surface area contributed by atoms with Crippen molar-refractivity contribution in [2.45, 2.75) is 25.9 Å². The fourth-order valence-electron chi connectivity index (χ4n) is 2.98. The Balaban J connectivity index is 1.56. The number of carbonyl (C=O) groups excluding carboxylic acids is 1. The number of aromatic nitrogens is 4. The number of aryl methyl sites for hydroxylation is 3. The predicted octanol–water partition coefficient (Wildman–Crippen LogP) is 3.76. The number of nitrogens with one attached hydrogen (secondary N) is 2. The van der Waals surface area contributed by atoms with Gasteiger partial charge in [-0.05, 0) is 56.2 Å². The first-order valence-electron chi connectivity index (χ1n) is 9.46. The van der Waals surface area contributed by atoms with Crippen LogP contribution < -0.4 is 10.9 Å². The molecule has 1 amide bonds. The maximum atomic E-state index is 12.5. The number of aromatic amines is 1. The first kappa shape index (κ1) is 19.9. The zero-order chi connectivity index (χ0) is 21.3. The molecule has 2 N–H and O–H groups in total. The lowest BCUT2D eigenvalue weighted by Crippen LogP contribution is -2.15. The van der Waals surface area contributed by atoms with Gasteiger partial charge in [0, 0.05) is 5.69 Å². The highest BCUT2D eigenvalue weighted by molar-refractivity contribution is 7.99. The Kier molecular flexibility index (Phi) is 5.41. The third-order valence-electron chi connectivity index (χ3n) is 4.83. The highest BCUT2D eigenvalue weighted by atomic mass is 32.2. The molecule has 0 bridgehead atoms. The summed E-state index contributed by atoms with van der Waals surface area (Å²) >= 11 is 1.17. The van der Waals surface area contributed by atoms with Gasteiger partial charge in [0.1, 0.15) is 5.39 Å². The molecule has 0 aliphatic rings. The van der Waals surface area contributed by atoms with Gasteiger partial charge in [0.2, 0.25) is 5.91 Å². The Morgan fingerprint density at radius 3 is 2.60 bits per heavy atom. The van der Waals surface area contributed by atoms with Crippen molar-refractivity contribution < 1.29 is 4.79 Å². The molecule has 2 aromatic carbocycles. The first-order valence-corrected chi connectivity index (χ1v) is 10.4. The fraction of sp³-hybridized carbons (Fsp3) is 0.182. The van der Waals surface area contributed by atoms with Crippen LogP contribution in [0.25, 0.3) is 16.7 Å². The lowest BCUT2D eigenvalue weighted by atomic mass is 10.1. The van der Waals surface area contributed by atoms with Crippen molar-refractivity contribution >= 4 is 34.4 Å². The molecule has 152 valence electrons. The third-order valence-corrected chi connectivity index (χ3v) is 5.70. The predicted molar refractivity (Wildman–Crippen MR) is 119 cm³/mol. The van der Waals surface area contributed by atoms with Gasteiger partial charge >= 0.3 is 0 Å². The van der Waals surface area contributed by atoms with Gasteiger partial charge < -0.3 is 10.3 Å². The zero-order valence-corrected chi connectivity index (χ0v) is 17.7. The minimum absolute atomic E-state index is 0.125. The summed E-state index contributed by atoms with van der Waals surface area (Å²) in [6, 6.07) is 13.5. The molecule has 0 fully saturated rings. The normalized spacial score (nSPS) is 11.0. The van der Waals surface area contributed by atoms with E-state index in [-0.39, 0.29) is 17.2 Å². The molecular formula is C22H21N5O2S. The van der Waals surface area contributed by atoms with Gasteiger partial charge in [-0.2, -0.15) is 5.10 Å². The Hall–Kier alpha value is -3.39. The molecule has 0 aliphatic carbocycles. The van der Waals surface area contributed by atoms with E-state index in [4.69, 9.17) is 0 Å². The fourth-order valence-corrected chi connectivity index (χ4v) is 3.64. The van der Waals surface area contributed by atoms with Crippen LogP contribution in [0.15, 0.2) is 58.6 Å². The number of benzene rings is 2. The van der Waals surface area contributed by atoms with Crippen molar-refractivity contribution in [1.29, 1.82) is 0 Å². The van der Waals surface area contributed by atoms with Gasteiger partial charge in [-0.25, -0.2) is 9.67 Å². The second-order valence-corrected chi connectivity index (χ2v) is 8.10. The minimum Gasteiger partial charge on any atom is -0.325 e. The number of H-pyrrole nitrogens is 1. The number of fused-ring (bicyclic) bond motifs is 1. The van der Waals surface area contributed by atoms with Crippen molar-refractivity contribution in [3.05, 3.63) is 75.7 Å². The lowest BCUT2D eigenvalue weighted by Gasteiger charge is -2.07. The van der Waals surface area contributed by atoms with Crippen LogP contribution in [0.1, 0.15) is 16.7 Å². The smallest absolute Gasteiger partial charge is 0.262 e. The van der Waals surface area contributed by atoms with Gasteiger partial charge in [-0.3, -0.25) is 9.59 Å². The molecule has 2 aromatic heterocycles. The number of rotatable bonds is 5. The second-order valence-electron chi connectivity index (χ2n) is 7.14. The Labute approximate surface area is 177 Å². The average Bonchev–Trinajstić information content (AvgIpc) is 3.15. The third kappa shape index (κ3) is 4.13. The molecule has 4 rings (SSSR count).